The van der Waals surface area contributed by atoms with Gasteiger partial charge in [0.1, 0.15) is 0 Å². The number of carbonyl (C=O) groups excluding carboxylic acids is 1. The summed E-state index contributed by atoms with van der Waals surface area (Å²) in [5.74, 6) is -0.00961. The quantitative estimate of drug-likeness (QED) is 0.845. The summed E-state index contributed by atoms with van der Waals surface area (Å²) in [4.78, 5) is 17.0. The van der Waals surface area contributed by atoms with Gasteiger partial charge in [0.15, 0.2) is 0 Å². The number of aromatic amines is 1. The summed E-state index contributed by atoms with van der Waals surface area (Å²) < 4.78 is 0. The molecule has 0 saturated carbocycles. The number of hydrogen-bond acceptors (Lipinski definition) is 2. The van der Waals surface area contributed by atoms with Crippen molar-refractivity contribution in [3.05, 3.63) is 36.0 Å². The smallest absolute Gasteiger partial charge is 0.254 e. The molecule has 2 N–H and O–H groups in total. The van der Waals surface area contributed by atoms with Crippen molar-refractivity contribution in [1.82, 2.24) is 9.88 Å². The number of aliphatic hydroxyl groups is 1. The molecule has 0 aliphatic carbocycles. The Morgan fingerprint density at radius 3 is 2.94 bits per heavy atom. The molecule has 3 rings (SSSR count). The summed E-state index contributed by atoms with van der Waals surface area (Å²) in [5, 5.41) is 11.0. The number of fused-ring (bicyclic) bond motifs is 1. The maximum absolute atomic E-state index is 12.2. The van der Waals surface area contributed by atoms with Gasteiger partial charge in [0, 0.05) is 17.3 Å². The summed E-state index contributed by atoms with van der Waals surface area (Å²) in [5.41, 5.74) is 0.960. The van der Waals surface area contributed by atoms with E-state index < -0.39 is 5.60 Å². The number of nitrogens with zero attached hydrogens (tertiary/aromatic N) is 1. The molecule has 2 aromatic rings. The van der Waals surface area contributed by atoms with E-state index in [4.69, 9.17) is 0 Å². The van der Waals surface area contributed by atoms with Gasteiger partial charge in [0.25, 0.3) is 5.91 Å². The third-order valence-electron chi connectivity index (χ3n) is 3.72. The topological polar surface area (TPSA) is 56.3 Å². The van der Waals surface area contributed by atoms with E-state index >= 15 is 0 Å². The zero-order chi connectivity index (χ0) is 12.8. The fourth-order valence-electron chi connectivity index (χ4n) is 2.39. The Hall–Kier alpha value is -1.81. The number of carbonyl (C=O) groups is 1. The first-order chi connectivity index (χ1) is 8.61. The van der Waals surface area contributed by atoms with Crippen molar-refractivity contribution in [1.29, 1.82) is 0 Å². The summed E-state index contributed by atoms with van der Waals surface area (Å²) in [6, 6.07) is 7.61. The van der Waals surface area contributed by atoms with E-state index in [1.807, 2.05) is 37.4 Å². The predicted molar refractivity (Wildman–Crippen MR) is 69.4 cm³/mol. The van der Waals surface area contributed by atoms with Crippen LogP contribution in [0, 0.1) is 0 Å². The zero-order valence-electron chi connectivity index (χ0n) is 10.3. The largest absolute Gasteiger partial charge is 0.386 e. The van der Waals surface area contributed by atoms with Crippen molar-refractivity contribution in [3.63, 3.8) is 0 Å². The average molecular weight is 244 g/mol. The average Bonchev–Trinajstić information content (AvgIpc) is 2.81. The lowest BCUT2D eigenvalue weighted by atomic mass is 9.90. The van der Waals surface area contributed by atoms with E-state index in [9.17, 15) is 9.90 Å². The van der Waals surface area contributed by atoms with Crippen molar-refractivity contribution >= 4 is 16.8 Å². The molecule has 1 amide bonds. The summed E-state index contributed by atoms with van der Waals surface area (Å²) in [6.45, 7) is 2.81. The van der Waals surface area contributed by atoms with Crippen molar-refractivity contribution < 1.29 is 9.90 Å². The van der Waals surface area contributed by atoms with E-state index in [0.29, 0.717) is 25.1 Å². The van der Waals surface area contributed by atoms with E-state index in [-0.39, 0.29) is 5.91 Å². The third-order valence-corrected chi connectivity index (χ3v) is 3.72. The SMILES string of the molecule is CCC1(O)CN(C(=O)c2ccc3cc[nH]c3c2)C1. The Balaban J connectivity index is 1.81. The van der Waals surface area contributed by atoms with E-state index in [0.717, 1.165) is 10.9 Å². The molecule has 1 fully saturated rings. The predicted octanol–water partition coefficient (Wildman–Crippen LogP) is 1.76. The Bertz CT molecular complexity index is 597. The minimum Gasteiger partial charge on any atom is -0.386 e. The zero-order valence-corrected chi connectivity index (χ0v) is 10.3. The third kappa shape index (κ3) is 1.69. The van der Waals surface area contributed by atoms with Crippen molar-refractivity contribution in [2.45, 2.75) is 18.9 Å². The highest BCUT2D eigenvalue weighted by atomic mass is 16.3. The molecule has 4 nitrogen and oxygen atoms in total. The molecule has 4 heteroatoms. The highest BCUT2D eigenvalue weighted by molar-refractivity contribution is 5.98. The normalized spacial score (nSPS) is 17.8. The van der Waals surface area contributed by atoms with Crippen molar-refractivity contribution in [3.8, 4) is 0 Å². The number of β-amino-alcohol motifs (C(OH)–C–C–N with tert-alkyl or cyclic N) is 1. The van der Waals surface area contributed by atoms with Crippen LogP contribution in [0.3, 0.4) is 0 Å². The molecule has 1 saturated heterocycles. The van der Waals surface area contributed by atoms with Crippen molar-refractivity contribution in [2.75, 3.05) is 13.1 Å². The van der Waals surface area contributed by atoms with Crippen LogP contribution in [0.2, 0.25) is 0 Å². The van der Waals surface area contributed by atoms with Crippen LogP contribution < -0.4 is 0 Å². The monoisotopic (exact) mass is 244 g/mol. The Morgan fingerprint density at radius 2 is 2.22 bits per heavy atom. The van der Waals surface area contributed by atoms with Gasteiger partial charge in [-0.25, -0.2) is 0 Å². The second-order valence-corrected chi connectivity index (χ2v) is 5.02. The number of likely N-dealkylation sites (tertiary alicyclic amines) is 1. The molecule has 94 valence electrons. The van der Waals surface area contributed by atoms with Gasteiger partial charge in [-0.2, -0.15) is 0 Å². The van der Waals surface area contributed by atoms with Gasteiger partial charge in [0.2, 0.25) is 0 Å². The highest BCUT2D eigenvalue weighted by Gasteiger charge is 2.42. The Kier molecular flexibility index (Phi) is 2.41. The number of aromatic nitrogens is 1. The van der Waals surface area contributed by atoms with Crippen LogP contribution in [0.25, 0.3) is 10.9 Å². The lowest BCUT2D eigenvalue weighted by Gasteiger charge is -2.46. The summed E-state index contributed by atoms with van der Waals surface area (Å²) >= 11 is 0. The first-order valence-electron chi connectivity index (χ1n) is 6.20. The van der Waals surface area contributed by atoms with Crippen molar-refractivity contribution in [2.24, 2.45) is 0 Å². The van der Waals surface area contributed by atoms with Crippen LogP contribution in [-0.2, 0) is 0 Å². The van der Waals surface area contributed by atoms with Gasteiger partial charge in [-0.3, -0.25) is 4.79 Å². The van der Waals surface area contributed by atoms with E-state index in [2.05, 4.69) is 4.98 Å². The van der Waals surface area contributed by atoms with Gasteiger partial charge >= 0.3 is 0 Å². The number of rotatable bonds is 2. The van der Waals surface area contributed by atoms with E-state index in [1.165, 1.54) is 0 Å². The van der Waals surface area contributed by atoms with Gasteiger partial charge in [0.05, 0.1) is 18.7 Å². The molecule has 0 atom stereocenters. The Labute approximate surface area is 105 Å². The molecule has 1 aliphatic rings. The molecule has 18 heavy (non-hydrogen) atoms. The molecular weight excluding hydrogens is 228 g/mol. The van der Waals surface area contributed by atoms with Crippen LogP contribution >= 0.6 is 0 Å². The van der Waals surface area contributed by atoms with E-state index in [1.54, 1.807) is 4.90 Å². The van der Waals surface area contributed by atoms with Crippen LogP contribution in [0.5, 0.6) is 0 Å². The number of benzene rings is 1. The lowest BCUT2D eigenvalue weighted by molar-refractivity contribution is -0.0826. The van der Waals surface area contributed by atoms with Crippen LogP contribution in [0.15, 0.2) is 30.5 Å². The molecule has 0 bridgehead atoms. The highest BCUT2D eigenvalue weighted by Crippen LogP contribution is 2.26. The molecule has 0 unspecified atom stereocenters. The van der Waals surface area contributed by atoms with Gasteiger partial charge in [-0.1, -0.05) is 13.0 Å². The number of H-pyrrole nitrogens is 1. The standard InChI is InChI=1S/C14H16N2O2/c1-2-14(18)8-16(9-14)13(17)11-4-3-10-5-6-15-12(10)7-11/h3-7,15,18H,2,8-9H2,1H3. The molecule has 1 aliphatic heterocycles. The fraction of sp³-hybridized carbons (Fsp3) is 0.357. The second kappa shape index (κ2) is 3.85. The van der Waals surface area contributed by atoms with Gasteiger partial charge in [-0.05, 0) is 30.0 Å². The number of hydrogen-bond donors (Lipinski definition) is 2. The number of amides is 1. The van der Waals surface area contributed by atoms with Gasteiger partial charge < -0.3 is 15.0 Å². The summed E-state index contributed by atoms with van der Waals surface area (Å²) in [6.07, 6.45) is 2.55. The molecule has 1 aromatic carbocycles. The molecule has 0 radical (unpaired) electrons. The minimum atomic E-state index is -0.674. The molecule has 0 spiro atoms. The molecule has 1 aromatic heterocycles. The first kappa shape index (κ1) is 11.3. The first-order valence-corrected chi connectivity index (χ1v) is 6.20. The van der Waals surface area contributed by atoms with Crippen LogP contribution in [0.1, 0.15) is 23.7 Å². The van der Waals surface area contributed by atoms with Gasteiger partial charge in [-0.15, -0.1) is 0 Å². The Morgan fingerprint density at radius 1 is 1.44 bits per heavy atom. The molecular formula is C14H16N2O2. The minimum absolute atomic E-state index is 0.00961. The number of nitrogens with one attached hydrogen (secondary N) is 1. The second-order valence-electron chi connectivity index (χ2n) is 5.02. The molecule has 2 heterocycles. The van der Waals surface area contributed by atoms with Crippen LogP contribution in [0.4, 0.5) is 0 Å². The maximum atomic E-state index is 12.2. The fourth-order valence-corrected chi connectivity index (χ4v) is 2.39. The van der Waals surface area contributed by atoms with Crippen LogP contribution in [-0.4, -0.2) is 39.6 Å². The lowest BCUT2D eigenvalue weighted by Crippen LogP contribution is -2.63. The summed E-state index contributed by atoms with van der Waals surface area (Å²) in [7, 11) is 0. The maximum Gasteiger partial charge on any atom is 0.254 e.